The molecule has 2 heterocycles. The highest BCUT2D eigenvalue weighted by Crippen LogP contribution is 2.41. The van der Waals surface area contributed by atoms with Crippen molar-refractivity contribution in [3.8, 4) is 11.5 Å². The zero-order valence-electron chi connectivity index (χ0n) is 21.5. The lowest BCUT2D eigenvalue weighted by Gasteiger charge is -2.28. The molecule has 10 heteroatoms. The summed E-state index contributed by atoms with van der Waals surface area (Å²) in [5.41, 5.74) is 7.27. The maximum absolute atomic E-state index is 13.7. The summed E-state index contributed by atoms with van der Waals surface area (Å²) in [5.74, 6) is -1.55. The molecule has 1 aromatic heterocycles. The van der Waals surface area contributed by atoms with Gasteiger partial charge in [-0.05, 0) is 32.1 Å². The third-order valence-electron chi connectivity index (χ3n) is 6.01. The van der Waals surface area contributed by atoms with E-state index in [9.17, 15) is 14.4 Å². The quantitative estimate of drug-likeness (QED) is 0.434. The minimum Gasteiger partial charge on any atom is -0.496 e. The molecule has 1 unspecified atom stereocenters. The fourth-order valence-electron chi connectivity index (χ4n) is 4.41. The molecule has 2 N–H and O–H groups in total. The largest absolute Gasteiger partial charge is 0.496 e. The van der Waals surface area contributed by atoms with Crippen LogP contribution in [0.25, 0.3) is 17.5 Å². The van der Waals surface area contributed by atoms with Crippen molar-refractivity contribution in [2.24, 2.45) is 5.73 Å². The Bertz CT molecular complexity index is 1600. The average molecular weight is 537 g/mol. The number of thiazole rings is 1. The van der Waals surface area contributed by atoms with Crippen molar-refractivity contribution < 1.29 is 28.5 Å². The van der Waals surface area contributed by atoms with Crippen molar-refractivity contribution in [1.82, 2.24) is 4.57 Å². The van der Waals surface area contributed by atoms with Crippen LogP contribution in [0.3, 0.4) is 0 Å². The van der Waals surface area contributed by atoms with Crippen molar-refractivity contribution in [3.63, 3.8) is 0 Å². The second kappa shape index (κ2) is 11.4. The van der Waals surface area contributed by atoms with E-state index < -0.39 is 23.4 Å². The van der Waals surface area contributed by atoms with Gasteiger partial charge in [0.1, 0.15) is 22.0 Å². The minimum absolute atomic E-state index is 0.0457. The second-order valence-corrected chi connectivity index (χ2v) is 9.16. The van der Waals surface area contributed by atoms with Gasteiger partial charge < -0.3 is 24.7 Å². The Morgan fingerprint density at radius 3 is 2.13 bits per heavy atom. The number of aromatic nitrogens is 1. The van der Waals surface area contributed by atoms with Gasteiger partial charge in [0, 0.05) is 11.1 Å². The monoisotopic (exact) mass is 536 g/mol. The molecule has 0 saturated carbocycles. The molecule has 1 atom stereocenters. The standard InChI is InChI=1S/C28H28N2O7S/c1-5-36-27(32)22-21(17-12-8-10-14-19(17)35-4)23(28(33)37-6-2)26-30(24(22)29)25(31)20(38-26)15-16-11-7-9-13-18(16)34-3/h7-15,21H,5-6,29H2,1-4H3/b20-15-. The van der Waals surface area contributed by atoms with Crippen LogP contribution in [0.15, 0.2) is 58.9 Å². The zero-order chi connectivity index (χ0) is 27.4. The Balaban J connectivity index is 2.15. The molecule has 38 heavy (non-hydrogen) atoms. The van der Waals surface area contributed by atoms with Crippen LogP contribution < -0.4 is 30.0 Å². The van der Waals surface area contributed by atoms with Crippen LogP contribution in [0.4, 0.5) is 0 Å². The molecule has 0 bridgehead atoms. The number of hydrogen-bond acceptors (Lipinski definition) is 9. The molecule has 0 spiro atoms. The van der Waals surface area contributed by atoms with Crippen molar-refractivity contribution in [1.29, 1.82) is 0 Å². The van der Waals surface area contributed by atoms with E-state index in [-0.39, 0.29) is 39.4 Å². The number of para-hydroxylation sites is 2. The van der Waals surface area contributed by atoms with Crippen molar-refractivity contribution in [2.75, 3.05) is 27.4 Å². The minimum atomic E-state index is -0.999. The number of methoxy groups -OCH3 is 2. The highest BCUT2D eigenvalue weighted by Gasteiger charge is 2.41. The smallest absolute Gasteiger partial charge is 0.338 e. The van der Waals surface area contributed by atoms with Gasteiger partial charge in [0.05, 0.1) is 49.0 Å². The highest BCUT2D eigenvalue weighted by molar-refractivity contribution is 7.07. The molecule has 0 fully saturated rings. The molecule has 2 aromatic carbocycles. The number of rotatable bonds is 8. The summed E-state index contributed by atoms with van der Waals surface area (Å²) in [6, 6.07) is 14.2. The van der Waals surface area contributed by atoms with Gasteiger partial charge in [-0.2, -0.15) is 0 Å². The van der Waals surface area contributed by atoms with Crippen LogP contribution in [-0.4, -0.2) is 43.9 Å². The van der Waals surface area contributed by atoms with E-state index in [1.165, 1.54) is 18.8 Å². The highest BCUT2D eigenvalue weighted by atomic mass is 32.1. The molecule has 3 aromatic rings. The Morgan fingerprint density at radius 2 is 1.50 bits per heavy atom. The molecule has 4 rings (SSSR count). The maximum atomic E-state index is 13.7. The first-order chi connectivity index (χ1) is 18.4. The fraction of sp³-hybridized carbons (Fsp3) is 0.250. The zero-order valence-corrected chi connectivity index (χ0v) is 22.3. The molecule has 9 nitrogen and oxygen atoms in total. The summed E-state index contributed by atoms with van der Waals surface area (Å²) < 4.78 is 23.5. The van der Waals surface area contributed by atoms with Gasteiger partial charge >= 0.3 is 11.9 Å². The average Bonchev–Trinajstić information content (AvgIpc) is 3.24. The second-order valence-electron chi connectivity index (χ2n) is 8.13. The number of carbonyl (C=O) groups excluding carboxylic acids is 2. The third kappa shape index (κ3) is 4.70. The molecule has 1 aliphatic rings. The molecule has 0 aliphatic carbocycles. The topological polar surface area (TPSA) is 119 Å². The SMILES string of the molecule is CCOC(=O)C1=C(N)n2c(s/c(=C\c3ccccc3OC)c2=O)=C(C(=O)OCC)C1c1ccccc1OC. The molecule has 0 radical (unpaired) electrons. The molecule has 198 valence electrons. The van der Waals surface area contributed by atoms with Crippen LogP contribution in [0.2, 0.25) is 0 Å². The van der Waals surface area contributed by atoms with E-state index in [1.807, 2.05) is 12.1 Å². The van der Waals surface area contributed by atoms with Crippen LogP contribution in [0.5, 0.6) is 11.5 Å². The fourth-order valence-corrected chi connectivity index (χ4v) is 5.56. The molecule has 0 saturated heterocycles. The van der Waals surface area contributed by atoms with E-state index >= 15 is 0 Å². The van der Waals surface area contributed by atoms with Gasteiger partial charge in [0.15, 0.2) is 0 Å². The Kier molecular flexibility index (Phi) is 8.02. The van der Waals surface area contributed by atoms with E-state index in [2.05, 4.69) is 0 Å². The van der Waals surface area contributed by atoms with Crippen LogP contribution in [0.1, 0.15) is 30.9 Å². The van der Waals surface area contributed by atoms with Crippen molar-refractivity contribution in [2.45, 2.75) is 19.8 Å². The van der Waals surface area contributed by atoms with E-state index in [0.717, 1.165) is 11.3 Å². The predicted molar refractivity (Wildman–Crippen MR) is 144 cm³/mol. The van der Waals surface area contributed by atoms with Crippen LogP contribution >= 0.6 is 11.3 Å². The normalized spacial score (nSPS) is 15.2. The number of benzene rings is 2. The number of esters is 2. The maximum Gasteiger partial charge on any atom is 0.338 e. The van der Waals surface area contributed by atoms with Crippen molar-refractivity contribution >= 4 is 40.7 Å². The molecular formula is C28H28N2O7S. The Labute approximate surface area is 223 Å². The number of ether oxygens (including phenoxy) is 4. The lowest BCUT2D eigenvalue weighted by molar-refractivity contribution is -0.138. The summed E-state index contributed by atoms with van der Waals surface area (Å²) >= 11 is 1.08. The first-order valence-corrected chi connectivity index (χ1v) is 12.8. The number of hydrogen-bond donors (Lipinski definition) is 1. The number of nitrogens with zero attached hydrogens (tertiary/aromatic N) is 1. The summed E-state index contributed by atoms with van der Waals surface area (Å²) in [6.07, 6.45) is 1.66. The van der Waals surface area contributed by atoms with Gasteiger partial charge in [-0.3, -0.25) is 9.36 Å². The van der Waals surface area contributed by atoms with Crippen LogP contribution in [0, 0.1) is 0 Å². The summed E-state index contributed by atoms with van der Waals surface area (Å²) in [6.45, 7) is 3.50. The summed E-state index contributed by atoms with van der Waals surface area (Å²) in [4.78, 5) is 40.5. The van der Waals surface area contributed by atoms with Gasteiger partial charge in [0.2, 0.25) is 0 Å². The number of nitrogens with two attached hydrogens (primary N) is 1. The van der Waals surface area contributed by atoms with Crippen molar-refractivity contribution in [3.05, 3.63) is 84.8 Å². The predicted octanol–water partition coefficient (Wildman–Crippen LogP) is 1.96. The number of carbonyl (C=O) groups is 2. The van der Waals surface area contributed by atoms with E-state index in [1.54, 1.807) is 56.3 Å². The first kappa shape index (κ1) is 26.7. The van der Waals surface area contributed by atoms with Gasteiger partial charge in [0.25, 0.3) is 5.56 Å². The molecular weight excluding hydrogens is 508 g/mol. The summed E-state index contributed by atoms with van der Waals surface area (Å²) in [5, 5.41) is 0. The van der Waals surface area contributed by atoms with Gasteiger partial charge in [-0.1, -0.05) is 36.4 Å². The molecule has 1 aliphatic heterocycles. The third-order valence-corrected chi connectivity index (χ3v) is 7.12. The lowest BCUT2D eigenvalue weighted by atomic mass is 9.82. The Morgan fingerprint density at radius 1 is 0.921 bits per heavy atom. The Hall–Kier alpha value is -4.31. The number of fused-ring (bicyclic) bond motifs is 1. The van der Waals surface area contributed by atoms with Crippen LogP contribution in [-0.2, 0) is 19.1 Å². The first-order valence-electron chi connectivity index (χ1n) is 12.0. The van der Waals surface area contributed by atoms with Gasteiger partial charge in [-0.15, -0.1) is 11.3 Å². The molecule has 0 amide bonds. The lowest BCUT2D eigenvalue weighted by Crippen LogP contribution is -2.42. The van der Waals surface area contributed by atoms with E-state index in [4.69, 9.17) is 24.7 Å². The van der Waals surface area contributed by atoms with Gasteiger partial charge in [-0.25, -0.2) is 9.59 Å². The summed E-state index contributed by atoms with van der Waals surface area (Å²) in [7, 11) is 3.03. The van der Waals surface area contributed by atoms with E-state index in [0.29, 0.717) is 22.6 Å².